The van der Waals surface area contributed by atoms with E-state index in [9.17, 15) is 9.59 Å². The molecule has 0 bridgehead atoms. The van der Waals surface area contributed by atoms with Crippen LogP contribution in [-0.4, -0.2) is 49.5 Å². The average molecular weight is 277 g/mol. The molecule has 0 spiro atoms. The Morgan fingerprint density at radius 1 is 1.25 bits per heavy atom. The number of amides is 2. The molecule has 1 aliphatic heterocycles. The molecule has 6 heteroatoms. The minimum atomic E-state index is -0.533. The van der Waals surface area contributed by atoms with Gasteiger partial charge in [0.05, 0.1) is 18.6 Å². The van der Waals surface area contributed by atoms with E-state index in [-0.39, 0.29) is 12.5 Å². The van der Waals surface area contributed by atoms with Crippen LogP contribution < -0.4 is 15.8 Å². The van der Waals surface area contributed by atoms with E-state index in [2.05, 4.69) is 5.32 Å². The molecular formula is C14H19N3O3. The standard InChI is InChI=1S/C14H19N3O3/c15-14(19)11-3-1-2-4-12(11)20-10-5-13(18)17-8-6-16-7-9-17/h1-4,16H,5-10H2,(H2,15,19). The first-order valence-corrected chi connectivity index (χ1v) is 6.68. The SMILES string of the molecule is NC(=O)c1ccccc1OCCC(=O)N1CCNCC1. The van der Waals surface area contributed by atoms with Crippen molar-refractivity contribution in [3.05, 3.63) is 29.8 Å². The molecule has 0 saturated carbocycles. The summed E-state index contributed by atoms with van der Waals surface area (Å²) in [5.74, 6) is -0.0369. The summed E-state index contributed by atoms with van der Waals surface area (Å²) in [4.78, 5) is 25.0. The highest BCUT2D eigenvalue weighted by Crippen LogP contribution is 2.17. The van der Waals surface area contributed by atoms with Gasteiger partial charge in [-0.25, -0.2) is 0 Å². The Bertz CT molecular complexity index is 484. The fourth-order valence-corrected chi connectivity index (χ4v) is 2.12. The summed E-state index contributed by atoms with van der Waals surface area (Å²) < 4.78 is 5.50. The van der Waals surface area contributed by atoms with Gasteiger partial charge in [-0.1, -0.05) is 12.1 Å². The molecule has 108 valence electrons. The van der Waals surface area contributed by atoms with Gasteiger partial charge in [0.1, 0.15) is 5.75 Å². The van der Waals surface area contributed by atoms with Crippen molar-refractivity contribution in [1.82, 2.24) is 10.2 Å². The number of piperazine rings is 1. The van der Waals surface area contributed by atoms with E-state index in [0.717, 1.165) is 26.2 Å². The molecule has 1 aromatic carbocycles. The first kappa shape index (κ1) is 14.3. The maximum Gasteiger partial charge on any atom is 0.252 e. The number of primary amides is 1. The monoisotopic (exact) mass is 277 g/mol. The largest absolute Gasteiger partial charge is 0.492 e. The summed E-state index contributed by atoms with van der Waals surface area (Å²) in [5.41, 5.74) is 5.60. The molecule has 2 rings (SSSR count). The van der Waals surface area contributed by atoms with Crippen LogP contribution in [0, 0.1) is 0 Å². The van der Waals surface area contributed by atoms with E-state index in [0.29, 0.717) is 17.7 Å². The maximum absolute atomic E-state index is 11.9. The number of nitrogens with one attached hydrogen (secondary N) is 1. The van der Waals surface area contributed by atoms with Crippen LogP contribution in [0.2, 0.25) is 0 Å². The molecule has 2 amide bonds. The smallest absolute Gasteiger partial charge is 0.252 e. The summed E-state index contributed by atoms with van der Waals surface area (Å²) in [6.45, 7) is 3.37. The highest BCUT2D eigenvalue weighted by Gasteiger charge is 2.16. The molecular weight excluding hydrogens is 258 g/mol. The van der Waals surface area contributed by atoms with Gasteiger partial charge in [0.2, 0.25) is 5.91 Å². The van der Waals surface area contributed by atoms with Crippen molar-refractivity contribution in [2.45, 2.75) is 6.42 Å². The van der Waals surface area contributed by atoms with E-state index in [4.69, 9.17) is 10.5 Å². The Morgan fingerprint density at radius 2 is 1.95 bits per heavy atom. The van der Waals surface area contributed by atoms with Crippen LogP contribution >= 0.6 is 0 Å². The number of para-hydroxylation sites is 1. The summed E-state index contributed by atoms with van der Waals surface area (Å²) in [7, 11) is 0. The van der Waals surface area contributed by atoms with Gasteiger partial charge in [-0.3, -0.25) is 9.59 Å². The number of ether oxygens (including phenoxy) is 1. The molecule has 0 radical (unpaired) electrons. The van der Waals surface area contributed by atoms with Gasteiger partial charge in [-0.15, -0.1) is 0 Å². The Balaban J connectivity index is 1.83. The van der Waals surface area contributed by atoms with Crippen LogP contribution in [0.3, 0.4) is 0 Å². The second-order valence-electron chi connectivity index (χ2n) is 4.59. The fraction of sp³-hybridized carbons (Fsp3) is 0.429. The van der Waals surface area contributed by atoms with Crippen LogP contribution in [0.5, 0.6) is 5.75 Å². The van der Waals surface area contributed by atoms with Gasteiger partial charge >= 0.3 is 0 Å². The zero-order valence-electron chi connectivity index (χ0n) is 11.3. The van der Waals surface area contributed by atoms with Crippen molar-refractivity contribution in [2.24, 2.45) is 5.73 Å². The predicted molar refractivity (Wildman–Crippen MR) is 74.5 cm³/mol. The lowest BCUT2D eigenvalue weighted by atomic mass is 10.2. The molecule has 1 aliphatic rings. The van der Waals surface area contributed by atoms with Gasteiger partial charge in [0.15, 0.2) is 0 Å². The molecule has 20 heavy (non-hydrogen) atoms. The molecule has 0 aliphatic carbocycles. The van der Waals surface area contributed by atoms with E-state index in [1.165, 1.54) is 0 Å². The number of hydrogen-bond acceptors (Lipinski definition) is 4. The van der Waals surface area contributed by atoms with E-state index >= 15 is 0 Å². The first-order chi connectivity index (χ1) is 9.68. The van der Waals surface area contributed by atoms with Gasteiger partial charge in [-0.2, -0.15) is 0 Å². The Kier molecular flexibility index (Phi) is 4.95. The van der Waals surface area contributed by atoms with Gasteiger partial charge in [0, 0.05) is 26.2 Å². The predicted octanol–water partition coefficient (Wildman–Crippen LogP) is -0.0138. The molecule has 0 aromatic heterocycles. The number of carbonyl (C=O) groups is 2. The van der Waals surface area contributed by atoms with E-state index < -0.39 is 5.91 Å². The third-order valence-corrected chi connectivity index (χ3v) is 3.20. The number of rotatable bonds is 5. The lowest BCUT2D eigenvalue weighted by Gasteiger charge is -2.27. The highest BCUT2D eigenvalue weighted by molar-refractivity contribution is 5.95. The fourth-order valence-electron chi connectivity index (χ4n) is 2.12. The summed E-state index contributed by atoms with van der Waals surface area (Å²) in [5, 5.41) is 3.19. The zero-order chi connectivity index (χ0) is 14.4. The normalized spacial score (nSPS) is 14.9. The van der Waals surface area contributed by atoms with Crippen LogP contribution in [0.15, 0.2) is 24.3 Å². The number of nitrogens with two attached hydrogens (primary N) is 1. The van der Waals surface area contributed by atoms with Crippen molar-refractivity contribution < 1.29 is 14.3 Å². The number of benzene rings is 1. The quantitative estimate of drug-likeness (QED) is 0.792. The minimum absolute atomic E-state index is 0.0723. The van der Waals surface area contributed by atoms with Crippen molar-refractivity contribution >= 4 is 11.8 Å². The van der Waals surface area contributed by atoms with Crippen LogP contribution in [0.25, 0.3) is 0 Å². The summed E-state index contributed by atoms with van der Waals surface area (Å²) >= 11 is 0. The number of nitrogens with zero attached hydrogens (tertiary/aromatic N) is 1. The van der Waals surface area contributed by atoms with E-state index in [1.807, 2.05) is 4.90 Å². The van der Waals surface area contributed by atoms with Gasteiger partial charge in [0.25, 0.3) is 5.91 Å². The Hall–Kier alpha value is -2.08. The van der Waals surface area contributed by atoms with Crippen LogP contribution in [-0.2, 0) is 4.79 Å². The lowest BCUT2D eigenvalue weighted by molar-refractivity contribution is -0.132. The molecule has 1 fully saturated rings. The maximum atomic E-state index is 11.9. The topological polar surface area (TPSA) is 84.7 Å². The van der Waals surface area contributed by atoms with Gasteiger partial charge in [-0.05, 0) is 12.1 Å². The number of carbonyl (C=O) groups excluding carboxylic acids is 2. The molecule has 1 heterocycles. The zero-order valence-corrected chi connectivity index (χ0v) is 11.3. The summed E-state index contributed by atoms with van der Waals surface area (Å²) in [6.07, 6.45) is 0.299. The second kappa shape index (κ2) is 6.91. The molecule has 6 nitrogen and oxygen atoms in total. The molecule has 1 saturated heterocycles. The van der Waals surface area contributed by atoms with Crippen molar-refractivity contribution in [3.8, 4) is 5.75 Å². The Labute approximate surface area is 117 Å². The van der Waals surface area contributed by atoms with Crippen molar-refractivity contribution in [1.29, 1.82) is 0 Å². The average Bonchev–Trinajstić information content (AvgIpc) is 2.48. The first-order valence-electron chi connectivity index (χ1n) is 6.68. The number of hydrogen-bond donors (Lipinski definition) is 2. The molecule has 1 aromatic rings. The lowest BCUT2D eigenvalue weighted by Crippen LogP contribution is -2.46. The van der Waals surface area contributed by atoms with Crippen LogP contribution in [0.1, 0.15) is 16.8 Å². The third-order valence-electron chi connectivity index (χ3n) is 3.20. The molecule has 3 N–H and O–H groups in total. The summed E-state index contributed by atoms with van der Waals surface area (Å²) in [6, 6.07) is 6.77. The van der Waals surface area contributed by atoms with Gasteiger partial charge < -0.3 is 20.7 Å². The molecule has 0 unspecified atom stereocenters. The minimum Gasteiger partial charge on any atom is -0.492 e. The highest BCUT2D eigenvalue weighted by atomic mass is 16.5. The third kappa shape index (κ3) is 3.71. The van der Waals surface area contributed by atoms with Crippen molar-refractivity contribution in [3.63, 3.8) is 0 Å². The Morgan fingerprint density at radius 3 is 2.65 bits per heavy atom. The van der Waals surface area contributed by atoms with E-state index in [1.54, 1.807) is 24.3 Å². The van der Waals surface area contributed by atoms with Crippen LogP contribution in [0.4, 0.5) is 0 Å². The van der Waals surface area contributed by atoms with Crippen molar-refractivity contribution in [2.75, 3.05) is 32.8 Å². The second-order valence-corrected chi connectivity index (χ2v) is 4.59. The molecule has 0 atom stereocenters.